The van der Waals surface area contributed by atoms with Crippen molar-refractivity contribution in [2.75, 3.05) is 45.9 Å². The molecule has 0 amide bonds. The summed E-state index contributed by atoms with van der Waals surface area (Å²) in [6.45, 7) is 12.4. The number of hydrogen-bond donors (Lipinski definition) is 1. The number of piperazine rings is 1. The SMILES string of the molecule is Cc1cccc(OCCN2CCN(CC(C)(C)O)CC2)c1. The Bertz CT molecular complexity index is 435. The van der Waals surface area contributed by atoms with E-state index in [4.69, 9.17) is 4.74 Å². The maximum Gasteiger partial charge on any atom is 0.119 e. The Hall–Kier alpha value is -1.10. The van der Waals surface area contributed by atoms with Crippen molar-refractivity contribution < 1.29 is 9.84 Å². The second kappa shape index (κ2) is 7.25. The van der Waals surface area contributed by atoms with Crippen LogP contribution in [0.1, 0.15) is 19.4 Å². The second-order valence-corrected chi connectivity index (χ2v) is 6.60. The van der Waals surface area contributed by atoms with Gasteiger partial charge in [-0.05, 0) is 38.5 Å². The average Bonchev–Trinajstić information content (AvgIpc) is 2.39. The van der Waals surface area contributed by atoms with Crippen molar-refractivity contribution >= 4 is 0 Å². The van der Waals surface area contributed by atoms with Crippen LogP contribution in [0.2, 0.25) is 0 Å². The van der Waals surface area contributed by atoms with Crippen LogP contribution in [0.15, 0.2) is 24.3 Å². The van der Waals surface area contributed by atoms with E-state index in [1.54, 1.807) is 0 Å². The molecule has 118 valence electrons. The van der Waals surface area contributed by atoms with Gasteiger partial charge in [-0.1, -0.05) is 12.1 Å². The molecule has 1 heterocycles. The summed E-state index contributed by atoms with van der Waals surface area (Å²) in [5.41, 5.74) is 0.629. The Morgan fingerprint density at radius 2 is 1.81 bits per heavy atom. The first kappa shape index (κ1) is 16.3. The Kier molecular flexibility index (Phi) is 5.62. The van der Waals surface area contributed by atoms with Crippen molar-refractivity contribution in [3.63, 3.8) is 0 Å². The van der Waals surface area contributed by atoms with Gasteiger partial charge in [0, 0.05) is 39.3 Å². The minimum Gasteiger partial charge on any atom is -0.492 e. The molecule has 1 aromatic rings. The average molecular weight is 292 g/mol. The maximum atomic E-state index is 9.85. The van der Waals surface area contributed by atoms with Crippen LogP contribution in [0.4, 0.5) is 0 Å². The van der Waals surface area contributed by atoms with E-state index in [9.17, 15) is 5.11 Å². The van der Waals surface area contributed by atoms with Crippen LogP contribution < -0.4 is 4.74 Å². The predicted octanol–water partition coefficient (Wildman–Crippen LogP) is 1.76. The number of rotatable bonds is 6. The van der Waals surface area contributed by atoms with Gasteiger partial charge in [0.25, 0.3) is 0 Å². The third kappa shape index (κ3) is 6.04. The molecule has 1 fully saturated rings. The number of aryl methyl sites for hydroxylation is 1. The van der Waals surface area contributed by atoms with Gasteiger partial charge in [-0.15, -0.1) is 0 Å². The van der Waals surface area contributed by atoms with Crippen molar-refractivity contribution in [1.29, 1.82) is 0 Å². The van der Waals surface area contributed by atoms with Crippen molar-refractivity contribution in [1.82, 2.24) is 9.80 Å². The number of hydrogen-bond acceptors (Lipinski definition) is 4. The molecule has 21 heavy (non-hydrogen) atoms. The van der Waals surface area contributed by atoms with E-state index >= 15 is 0 Å². The summed E-state index contributed by atoms with van der Waals surface area (Å²) >= 11 is 0. The molecule has 0 atom stereocenters. The smallest absolute Gasteiger partial charge is 0.119 e. The molecule has 0 bridgehead atoms. The number of nitrogens with zero attached hydrogens (tertiary/aromatic N) is 2. The van der Waals surface area contributed by atoms with Crippen LogP contribution in [0.25, 0.3) is 0 Å². The molecule has 4 heteroatoms. The van der Waals surface area contributed by atoms with Gasteiger partial charge in [0.15, 0.2) is 0 Å². The zero-order valence-electron chi connectivity index (χ0n) is 13.5. The number of aliphatic hydroxyl groups is 1. The summed E-state index contributed by atoms with van der Waals surface area (Å²) < 4.78 is 5.80. The van der Waals surface area contributed by atoms with Gasteiger partial charge in [0.1, 0.15) is 12.4 Å². The monoisotopic (exact) mass is 292 g/mol. The molecule has 0 radical (unpaired) electrons. The lowest BCUT2D eigenvalue weighted by Crippen LogP contribution is -2.51. The zero-order valence-corrected chi connectivity index (χ0v) is 13.5. The Labute approximate surface area is 128 Å². The number of benzene rings is 1. The third-order valence-corrected chi connectivity index (χ3v) is 3.74. The van der Waals surface area contributed by atoms with Gasteiger partial charge < -0.3 is 9.84 Å². The molecule has 1 N–H and O–H groups in total. The van der Waals surface area contributed by atoms with E-state index in [1.165, 1.54) is 5.56 Å². The lowest BCUT2D eigenvalue weighted by atomic mass is 10.1. The van der Waals surface area contributed by atoms with Crippen molar-refractivity contribution in [3.8, 4) is 5.75 Å². The van der Waals surface area contributed by atoms with Crippen LogP contribution in [-0.2, 0) is 0 Å². The van der Waals surface area contributed by atoms with E-state index < -0.39 is 5.60 Å². The van der Waals surface area contributed by atoms with Crippen LogP contribution in [0.3, 0.4) is 0 Å². The Balaban J connectivity index is 1.65. The maximum absolute atomic E-state index is 9.85. The molecule has 1 aromatic carbocycles. The first-order chi connectivity index (χ1) is 9.92. The molecule has 0 spiro atoms. The summed E-state index contributed by atoms with van der Waals surface area (Å²) in [5.74, 6) is 0.954. The highest BCUT2D eigenvalue weighted by Crippen LogP contribution is 2.13. The molecular weight excluding hydrogens is 264 g/mol. The summed E-state index contributed by atoms with van der Waals surface area (Å²) in [4.78, 5) is 4.76. The van der Waals surface area contributed by atoms with Gasteiger partial charge in [-0.2, -0.15) is 0 Å². The van der Waals surface area contributed by atoms with Crippen LogP contribution in [0, 0.1) is 6.92 Å². The van der Waals surface area contributed by atoms with Crippen LogP contribution in [-0.4, -0.2) is 66.4 Å². The van der Waals surface area contributed by atoms with Gasteiger partial charge in [0.05, 0.1) is 5.60 Å². The summed E-state index contributed by atoms with van der Waals surface area (Å²) in [6.07, 6.45) is 0. The minimum absolute atomic E-state index is 0.601. The molecule has 0 aromatic heterocycles. The van der Waals surface area contributed by atoms with E-state index in [-0.39, 0.29) is 0 Å². The lowest BCUT2D eigenvalue weighted by molar-refractivity contribution is 0.0162. The predicted molar refractivity (Wildman–Crippen MR) is 85.9 cm³/mol. The fraction of sp³-hybridized carbons (Fsp3) is 0.647. The minimum atomic E-state index is -0.601. The van der Waals surface area contributed by atoms with E-state index in [0.29, 0.717) is 0 Å². The Morgan fingerprint density at radius 1 is 1.14 bits per heavy atom. The first-order valence-corrected chi connectivity index (χ1v) is 7.79. The fourth-order valence-corrected chi connectivity index (χ4v) is 2.72. The third-order valence-electron chi connectivity index (χ3n) is 3.74. The zero-order chi connectivity index (χ0) is 15.3. The molecule has 1 saturated heterocycles. The van der Waals surface area contributed by atoms with Crippen molar-refractivity contribution in [2.24, 2.45) is 0 Å². The van der Waals surface area contributed by atoms with Gasteiger partial charge in [-0.3, -0.25) is 9.80 Å². The molecule has 0 aliphatic carbocycles. The molecule has 1 aliphatic rings. The van der Waals surface area contributed by atoms with Gasteiger partial charge in [-0.25, -0.2) is 0 Å². The first-order valence-electron chi connectivity index (χ1n) is 7.79. The highest BCUT2D eigenvalue weighted by molar-refractivity contribution is 5.27. The largest absolute Gasteiger partial charge is 0.492 e. The molecular formula is C17H28N2O2. The molecule has 0 unspecified atom stereocenters. The van der Waals surface area contributed by atoms with Crippen molar-refractivity contribution in [3.05, 3.63) is 29.8 Å². The molecule has 0 saturated carbocycles. The van der Waals surface area contributed by atoms with Crippen molar-refractivity contribution in [2.45, 2.75) is 26.4 Å². The molecule has 1 aliphatic heterocycles. The lowest BCUT2D eigenvalue weighted by Gasteiger charge is -2.37. The summed E-state index contributed by atoms with van der Waals surface area (Å²) in [6, 6.07) is 8.18. The summed E-state index contributed by atoms with van der Waals surface area (Å²) in [7, 11) is 0. The van der Waals surface area contributed by atoms with Crippen LogP contribution in [0.5, 0.6) is 5.75 Å². The van der Waals surface area contributed by atoms with Crippen LogP contribution >= 0.6 is 0 Å². The summed E-state index contributed by atoms with van der Waals surface area (Å²) in [5, 5.41) is 9.85. The second-order valence-electron chi connectivity index (χ2n) is 6.60. The topological polar surface area (TPSA) is 35.9 Å². The molecule has 2 rings (SSSR count). The highest BCUT2D eigenvalue weighted by Gasteiger charge is 2.22. The van der Waals surface area contributed by atoms with E-state index in [2.05, 4.69) is 28.9 Å². The van der Waals surface area contributed by atoms with Gasteiger partial charge >= 0.3 is 0 Å². The highest BCUT2D eigenvalue weighted by atomic mass is 16.5. The quantitative estimate of drug-likeness (QED) is 0.867. The van der Waals surface area contributed by atoms with E-state index in [1.807, 2.05) is 26.0 Å². The Morgan fingerprint density at radius 3 is 2.43 bits per heavy atom. The van der Waals surface area contributed by atoms with E-state index in [0.717, 1.165) is 51.6 Å². The number of β-amino-alcohol motifs (C(OH)–C–C–N with tert-alkyl or cyclic N) is 1. The standard InChI is InChI=1S/C17H28N2O2/c1-15-5-4-6-16(13-15)21-12-11-18-7-9-19(10-8-18)14-17(2,3)20/h4-6,13,20H,7-12,14H2,1-3H3. The number of ether oxygens (including phenoxy) is 1. The molecule has 4 nitrogen and oxygen atoms in total. The van der Waals surface area contributed by atoms with Gasteiger partial charge in [0.2, 0.25) is 0 Å². The normalized spacial score (nSPS) is 17.9. The fourth-order valence-electron chi connectivity index (χ4n) is 2.72.